The molecular weight excluding hydrogens is 410 g/mol. The van der Waals surface area contributed by atoms with Crippen LogP contribution in [0.15, 0.2) is 58.2 Å². The Balaban J connectivity index is 2.78. The number of phenolic OH excluding ortho intramolecular Hbond substituents is 2. The van der Waals surface area contributed by atoms with Crippen molar-refractivity contribution in [1.29, 1.82) is 0 Å². The van der Waals surface area contributed by atoms with Crippen LogP contribution in [-0.4, -0.2) is 37.1 Å². The Morgan fingerprint density at radius 2 is 1.92 bits per heavy atom. The summed E-state index contributed by atoms with van der Waals surface area (Å²) in [6.45, 7) is 1.67. The van der Waals surface area contributed by atoms with Gasteiger partial charge in [-0.25, -0.2) is 0 Å². The van der Waals surface area contributed by atoms with E-state index in [4.69, 9.17) is 17.3 Å². The van der Waals surface area contributed by atoms with Crippen molar-refractivity contribution in [3.05, 3.63) is 63.8 Å². The van der Waals surface area contributed by atoms with Crippen LogP contribution in [-0.2, 0) is 0 Å². The molecule has 0 aliphatic carbocycles. The van der Waals surface area contributed by atoms with E-state index in [-0.39, 0.29) is 29.6 Å². The summed E-state index contributed by atoms with van der Waals surface area (Å²) < 4.78 is 0.353. The Morgan fingerprint density at radius 3 is 2.48 bits per heavy atom. The van der Waals surface area contributed by atoms with E-state index >= 15 is 0 Å². The van der Waals surface area contributed by atoms with E-state index in [9.17, 15) is 20.4 Å². The number of aromatic hydroxyl groups is 2. The van der Waals surface area contributed by atoms with Crippen molar-refractivity contribution < 1.29 is 25.5 Å². The van der Waals surface area contributed by atoms with Gasteiger partial charge in [-0.05, 0) is 64.4 Å². The average Bonchev–Trinajstić information content (AvgIpc) is 2.54. The maximum absolute atomic E-state index is 9.56. The lowest BCUT2D eigenvalue weighted by Gasteiger charge is -2.07. The van der Waals surface area contributed by atoms with E-state index in [1.165, 1.54) is 25.1 Å². The number of nitrogens with one attached hydrogen (secondary N) is 1. The van der Waals surface area contributed by atoms with Gasteiger partial charge in [-0.1, -0.05) is 18.3 Å². The molecular formula is C17H18BrNO5S. The first kappa shape index (κ1) is 20.6. The minimum atomic E-state index is -0.361. The third kappa shape index (κ3) is 7.32. The van der Waals surface area contributed by atoms with Crippen LogP contribution >= 0.6 is 28.1 Å². The van der Waals surface area contributed by atoms with Crippen molar-refractivity contribution in [2.75, 3.05) is 6.54 Å². The smallest absolute Gasteiger partial charge is 0.171 e. The summed E-state index contributed by atoms with van der Waals surface area (Å²) in [7, 11) is 0. The van der Waals surface area contributed by atoms with Gasteiger partial charge in [0.05, 0.1) is 15.2 Å². The largest absolute Gasteiger partial charge is 0.513 e. The predicted octanol–water partition coefficient (Wildman–Crippen LogP) is 4.14. The topological polar surface area (TPSA) is 113 Å². The highest BCUT2D eigenvalue weighted by Crippen LogP contribution is 2.34. The second-order valence-corrected chi connectivity index (χ2v) is 6.27. The van der Waals surface area contributed by atoms with Gasteiger partial charge < -0.3 is 30.8 Å². The average molecular weight is 428 g/mol. The number of rotatable bonds is 6. The summed E-state index contributed by atoms with van der Waals surface area (Å²) in [5.41, 5.74) is 1.11. The minimum Gasteiger partial charge on any atom is -0.513 e. The maximum atomic E-state index is 9.56. The standard InChI is InChI=1S/C17H18BrNO5S/c1-10(21)4-12(5-13(22)9-20)8-19-16(25)3-2-11-6-14(18)17(24)15(23)7-11/h2-7,9,20-24H,8H2,1H3,(H,19,25)/b3-2+,10-4+,12-5+,13-9-. The number of hydrogen-bond donors (Lipinski definition) is 6. The molecule has 0 bridgehead atoms. The molecule has 0 heterocycles. The highest BCUT2D eigenvalue weighted by molar-refractivity contribution is 9.10. The molecule has 1 aromatic carbocycles. The number of phenols is 2. The summed E-state index contributed by atoms with van der Waals surface area (Å²) in [5.74, 6) is -0.826. The zero-order valence-corrected chi connectivity index (χ0v) is 15.7. The molecule has 0 radical (unpaired) electrons. The van der Waals surface area contributed by atoms with Crippen LogP contribution in [0.5, 0.6) is 11.5 Å². The molecule has 0 aromatic heterocycles. The minimum absolute atomic E-state index is 0.0321. The van der Waals surface area contributed by atoms with E-state index in [0.29, 0.717) is 26.9 Å². The molecule has 6 nitrogen and oxygen atoms in total. The van der Waals surface area contributed by atoms with Crippen molar-refractivity contribution in [2.24, 2.45) is 0 Å². The Kier molecular flexibility index (Phi) is 8.03. The summed E-state index contributed by atoms with van der Waals surface area (Å²) >= 11 is 8.29. The molecule has 0 fully saturated rings. The van der Waals surface area contributed by atoms with Gasteiger partial charge in [0.25, 0.3) is 0 Å². The summed E-state index contributed by atoms with van der Waals surface area (Å²) in [5, 5.41) is 49.4. The van der Waals surface area contributed by atoms with Crippen LogP contribution < -0.4 is 5.32 Å². The molecule has 1 rings (SSSR count). The zero-order chi connectivity index (χ0) is 19.0. The highest BCUT2D eigenvalue weighted by Gasteiger charge is 2.05. The maximum Gasteiger partial charge on any atom is 0.171 e. The fraction of sp³-hybridized carbons (Fsp3) is 0.118. The number of aliphatic hydroxyl groups is 3. The molecule has 8 heteroatoms. The van der Waals surface area contributed by atoms with E-state index < -0.39 is 0 Å². The Bertz CT molecular complexity index is 741. The monoisotopic (exact) mass is 427 g/mol. The molecule has 134 valence electrons. The third-order valence-electron chi connectivity index (χ3n) is 2.82. The molecule has 6 N–H and O–H groups in total. The van der Waals surface area contributed by atoms with Crippen LogP contribution in [0.1, 0.15) is 12.5 Å². The van der Waals surface area contributed by atoms with E-state index in [1.807, 2.05) is 0 Å². The summed E-state index contributed by atoms with van der Waals surface area (Å²) in [6.07, 6.45) is 6.44. The second-order valence-electron chi connectivity index (χ2n) is 4.98. The van der Waals surface area contributed by atoms with E-state index in [1.54, 1.807) is 18.2 Å². The van der Waals surface area contributed by atoms with Crippen LogP contribution in [0.25, 0.3) is 6.08 Å². The quantitative estimate of drug-likeness (QED) is 0.133. The first-order valence-electron chi connectivity index (χ1n) is 7.01. The van der Waals surface area contributed by atoms with Gasteiger partial charge in [0, 0.05) is 6.54 Å². The first-order chi connectivity index (χ1) is 11.7. The summed E-state index contributed by atoms with van der Waals surface area (Å²) in [4.78, 5) is 0.367. The second kappa shape index (κ2) is 9.75. The predicted molar refractivity (Wildman–Crippen MR) is 105 cm³/mol. The molecule has 25 heavy (non-hydrogen) atoms. The lowest BCUT2D eigenvalue weighted by Crippen LogP contribution is -2.21. The zero-order valence-electron chi connectivity index (χ0n) is 13.3. The van der Waals surface area contributed by atoms with Gasteiger partial charge in [0.15, 0.2) is 11.5 Å². The molecule has 0 aliphatic rings. The van der Waals surface area contributed by atoms with Crippen LogP contribution in [0.4, 0.5) is 0 Å². The molecule has 0 saturated heterocycles. The first-order valence-corrected chi connectivity index (χ1v) is 8.21. The van der Waals surface area contributed by atoms with Crippen molar-refractivity contribution in [3.8, 4) is 11.5 Å². The van der Waals surface area contributed by atoms with Gasteiger partial charge in [-0.15, -0.1) is 0 Å². The SMILES string of the molecule is C\C(O)=C/C(=C\C(O)=C\O)CNC(=S)/C=C/c1cc(O)c(O)c(Br)c1. The van der Waals surface area contributed by atoms with Gasteiger partial charge >= 0.3 is 0 Å². The molecule has 0 atom stereocenters. The van der Waals surface area contributed by atoms with Gasteiger partial charge in [-0.3, -0.25) is 0 Å². The molecule has 1 aromatic rings. The third-order valence-corrected chi connectivity index (χ3v) is 3.70. The number of halogens is 1. The number of aliphatic hydroxyl groups excluding tert-OH is 3. The number of allylic oxidation sites excluding steroid dienone is 2. The Labute approximate surface area is 158 Å². The fourth-order valence-corrected chi connectivity index (χ4v) is 2.37. The lowest BCUT2D eigenvalue weighted by molar-refractivity contribution is 0.377. The van der Waals surface area contributed by atoms with Crippen LogP contribution in [0.3, 0.4) is 0 Å². The van der Waals surface area contributed by atoms with Crippen molar-refractivity contribution in [1.82, 2.24) is 5.32 Å². The van der Waals surface area contributed by atoms with Crippen molar-refractivity contribution >= 4 is 39.2 Å². The van der Waals surface area contributed by atoms with Crippen molar-refractivity contribution in [3.63, 3.8) is 0 Å². The molecule has 0 amide bonds. The van der Waals surface area contributed by atoms with Gasteiger partial charge in [0.1, 0.15) is 12.0 Å². The van der Waals surface area contributed by atoms with Crippen molar-refractivity contribution in [2.45, 2.75) is 6.92 Å². The fourth-order valence-electron chi connectivity index (χ4n) is 1.76. The summed E-state index contributed by atoms with van der Waals surface area (Å²) in [6, 6.07) is 2.99. The molecule has 0 aliphatic heterocycles. The van der Waals surface area contributed by atoms with Crippen LogP contribution in [0.2, 0.25) is 0 Å². The van der Waals surface area contributed by atoms with Gasteiger partial charge in [-0.2, -0.15) is 0 Å². The molecule has 0 spiro atoms. The molecule has 0 unspecified atom stereocenters. The number of benzene rings is 1. The highest BCUT2D eigenvalue weighted by atomic mass is 79.9. The van der Waals surface area contributed by atoms with E-state index in [2.05, 4.69) is 21.2 Å². The normalized spacial score (nSPS) is 13.3. The number of hydrogen-bond acceptors (Lipinski definition) is 6. The Morgan fingerprint density at radius 1 is 1.24 bits per heavy atom. The lowest BCUT2D eigenvalue weighted by atomic mass is 10.2. The Hall–Kier alpha value is -2.45. The number of thiocarbonyl (C=S) groups is 1. The van der Waals surface area contributed by atoms with Crippen LogP contribution in [0, 0.1) is 0 Å². The molecule has 0 saturated carbocycles. The van der Waals surface area contributed by atoms with Gasteiger partial charge in [0.2, 0.25) is 0 Å². The van der Waals surface area contributed by atoms with E-state index in [0.717, 1.165) is 0 Å².